The van der Waals surface area contributed by atoms with Crippen LogP contribution in [0.25, 0.3) is 0 Å². The van der Waals surface area contributed by atoms with Crippen LogP contribution in [0.2, 0.25) is 0 Å². The van der Waals surface area contributed by atoms with Crippen LogP contribution in [-0.4, -0.2) is 17.1 Å². The molecule has 14 heavy (non-hydrogen) atoms. The molecule has 0 amide bonds. The smallest absolute Gasteiger partial charge is 0.339 e. The minimum atomic E-state index is -0.388. The van der Waals surface area contributed by atoms with Crippen LogP contribution in [-0.2, 0) is 11.8 Å². The van der Waals surface area contributed by atoms with Crippen molar-refractivity contribution in [3.63, 3.8) is 0 Å². The van der Waals surface area contributed by atoms with E-state index in [9.17, 15) is 9.59 Å². The Morgan fingerprint density at radius 2 is 2.21 bits per heavy atom. The summed E-state index contributed by atoms with van der Waals surface area (Å²) in [6, 6.07) is 1.42. The normalized spacial score (nSPS) is 9.93. The molecule has 1 aromatic heterocycles. The van der Waals surface area contributed by atoms with Crippen molar-refractivity contribution >= 4 is 5.97 Å². The van der Waals surface area contributed by atoms with Crippen molar-refractivity contribution in [2.24, 2.45) is 7.05 Å². The lowest BCUT2D eigenvalue weighted by Crippen LogP contribution is -2.19. The number of esters is 1. The Hall–Kier alpha value is -1.58. The highest BCUT2D eigenvalue weighted by atomic mass is 16.5. The first kappa shape index (κ1) is 10.5. The van der Waals surface area contributed by atoms with Crippen molar-refractivity contribution in [2.75, 3.05) is 6.61 Å². The maximum absolute atomic E-state index is 11.4. The van der Waals surface area contributed by atoms with Gasteiger partial charge in [0.2, 0.25) is 0 Å². The average molecular weight is 195 g/mol. The van der Waals surface area contributed by atoms with Gasteiger partial charge in [0.25, 0.3) is 5.56 Å². The van der Waals surface area contributed by atoms with E-state index in [1.807, 2.05) is 0 Å². The quantitative estimate of drug-likeness (QED) is 0.658. The summed E-state index contributed by atoms with van der Waals surface area (Å²) in [7, 11) is 1.60. The Bertz CT molecular complexity index is 406. The van der Waals surface area contributed by atoms with Crippen LogP contribution < -0.4 is 5.56 Å². The number of ether oxygens (including phenoxy) is 1. The predicted octanol–water partition coefficient (Wildman–Crippen LogP) is 0.870. The molecular weight excluding hydrogens is 182 g/mol. The number of hydrogen-bond acceptors (Lipinski definition) is 3. The molecule has 4 heteroatoms. The first-order chi connectivity index (χ1) is 6.56. The summed E-state index contributed by atoms with van der Waals surface area (Å²) < 4.78 is 6.21. The van der Waals surface area contributed by atoms with E-state index in [4.69, 9.17) is 4.74 Å². The van der Waals surface area contributed by atoms with Crippen molar-refractivity contribution in [1.82, 2.24) is 4.57 Å². The lowest BCUT2D eigenvalue weighted by atomic mass is 10.1. The van der Waals surface area contributed by atoms with Crippen LogP contribution in [0.5, 0.6) is 0 Å². The molecule has 0 saturated carbocycles. The molecule has 0 unspecified atom stereocenters. The van der Waals surface area contributed by atoms with Gasteiger partial charge in [-0.05, 0) is 19.4 Å². The van der Waals surface area contributed by atoms with Gasteiger partial charge in [-0.3, -0.25) is 4.79 Å². The minimum Gasteiger partial charge on any atom is -0.462 e. The van der Waals surface area contributed by atoms with Crippen LogP contribution in [0, 0.1) is 6.92 Å². The number of nitrogens with zero attached hydrogens (tertiary/aromatic N) is 1. The monoisotopic (exact) mass is 195 g/mol. The molecule has 4 nitrogen and oxygen atoms in total. The number of carbonyl (C=O) groups excluding carboxylic acids is 1. The number of pyridine rings is 1. The average Bonchev–Trinajstić information content (AvgIpc) is 2.11. The van der Waals surface area contributed by atoms with Gasteiger partial charge in [-0.25, -0.2) is 4.79 Å². The summed E-state index contributed by atoms with van der Waals surface area (Å²) in [5, 5.41) is 0. The topological polar surface area (TPSA) is 48.3 Å². The molecule has 76 valence electrons. The van der Waals surface area contributed by atoms with Crippen molar-refractivity contribution in [2.45, 2.75) is 13.8 Å². The number of aromatic nitrogens is 1. The standard InChI is InChI=1S/C10H13NO3/c1-4-14-10(13)8-6-11(3)9(12)5-7(8)2/h5-6H,4H2,1-3H3. The number of hydrogen-bond donors (Lipinski definition) is 0. The van der Waals surface area contributed by atoms with Gasteiger partial charge in [-0.1, -0.05) is 0 Å². The summed E-state index contributed by atoms with van der Waals surface area (Å²) in [6.07, 6.45) is 1.50. The molecule has 0 aromatic carbocycles. The van der Waals surface area contributed by atoms with Crippen molar-refractivity contribution in [3.05, 3.63) is 33.7 Å². The summed E-state index contributed by atoms with van der Waals surface area (Å²) >= 11 is 0. The van der Waals surface area contributed by atoms with E-state index in [0.29, 0.717) is 17.7 Å². The van der Waals surface area contributed by atoms with E-state index in [-0.39, 0.29) is 11.5 Å². The Morgan fingerprint density at radius 3 is 2.79 bits per heavy atom. The summed E-state index contributed by atoms with van der Waals surface area (Å²) in [5.41, 5.74) is 0.955. The fourth-order valence-electron chi connectivity index (χ4n) is 1.15. The molecule has 1 rings (SSSR count). The van der Waals surface area contributed by atoms with E-state index >= 15 is 0 Å². The molecule has 0 aliphatic heterocycles. The third-order valence-electron chi connectivity index (χ3n) is 1.93. The Morgan fingerprint density at radius 1 is 1.57 bits per heavy atom. The van der Waals surface area contributed by atoms with Crippen molar-refractivity contribution in [1.29, 1.82) is 0 Å². The molecule has 0 radical (unpaired) electrons. The van der Waals surface area contributed by atoms with Gasteiger partial charge in [0.05, 0.1) is 12.2 Å². The van der Waals surface area contributed by atoms with Gasteiger partial charge in [-0.2, -0.15) is 0 Å². The van der Waals surface area contributed by atoms with Gasteiger partial charge in [-0.15, -0.1) is 0 Å². The fourth-order valence-corrected chi connectivity index (χ4v) is 1.15. The van der Waals surface area contributed by atoms with Crippen LogP contribution in [0.1, 0.15) is 22.8 Å². The van der Waals surface area contributed by atoms with Crippen LogP contribution in [0.15, 0.2) is 17.1 Å². The van der Waals surface area contributed by atoms with Gasteiger partial charge in [0.1, 0.15) is 0 Å². The van der Waals surface area contributed by atoms with Crippen molar-refractivity contribution in [3.8, 4) is 0 Å². The highest BCUT2D eigenvalue weighted by Crippen LogP contribution is 2.05. The van der Waals surface area contributed by atoms with Crippen LogP contribution in [0.3, 0.4) is 0 Å². The molecule has 0 aliphatic carbocycles. The lowest BCUT2D eigenvalue weighted by molar-refractivity contribution is 0.0524. The molecule has 0 fully saturated rings. The lowest BCUT2D eigenvalue weighted by Gasteiger charge is -2.06. The van der Waals surface area contributed by atoms with Gasteiger partial charge >= 0.3 is 5.97 Å². The SMILES string of the molecule is CCOC(=O)c1cn(C)c(=O)cc1C. The largest absolute Gasteiger partial charge is 0.462 e. The molecular formula is C10H13NO3. The van der Waals surface area contributed by atoms with E-state index in [1.54, 1.807) is 20.9 Å². The number of aryl methyl sites for hydroxylation is 2. The Kier molecular flexibility index (Phi) is 3.06. The molecule has 1 heterocycles. The first-order valence-corrected chi connectivity index (χ1v) is 4.40. The second kappa shape index (κ2) is 4.09. The summed E-state index contributed by atoms with van der Waals surface area (Å²) in [5.74, 6) is -0.388. The zero-order valence-corrected chi connectivity index (χ0v) is 8.53. The maximum atomic E-state index is 11.4. The molecule has 0 saturated heterocycles. The van der Waals surface area contributed by atoms with Crippen molar-refractivity contribution < 1.29 is 9.53 Å². The Balaban J connectivity index is 3.16. The molecule has 0 bridgehead atoms. The third-order valence-corrected chi connectivity index (χ3v) is 1.93. The molecule has 0 spiro atoms. The minimum absolute atomic E-state index is 0.129. The van der Waals surface area contributed by atoms with Gasteiger partial charge < -0.3 is 9.30 Å². The van der Waals surface area contributed by atoms with Gasteiger partial charge in [0, 0.05) is 19.3 Å². The fraction of sp³-hybridized carbons (Fsp3) is 0.400. The highest BCUT2D eigenvalue weighted by Gasteiger charge is 2.10. The molecule has 0 atom stereocenters. The molecule has 0 N–H and O–H groups in total. The predicted molar refractivity (Wildman–Crippen MR) is 52.4 cm³/mol. The first-order valence-electron chi connectivity index (χ1n) is 4.40. The maximum Gasteiger partial charge on any atom is 0.339 e. The van der Waals surface area contributed by atoms with E-state index < -0.39 is 0 Å². The zero-order chi connectivity index (χ0) is 10.7. The van der Waals surface area contributed by atoms with E-state index in [2.05, 4.69) is 0 Å². The molecule has 1 aromatic rings. The second-order valence-corrected chi connectivity index (χ2v) is 3.04. The summed E-state index contributed by atoms with van der Waals surface area (Å²) in [4.78, 5) is 22.6. The second-order valence-electron chi connectivity index (χ2n) is 3.04. The zero-order valence-electron chi connectivity index (χ0n) is 8.53. The van der Waals surface area contributed by atoms with Gasteiger partial charge in [0.15, 0.2) is 0 Å². The van der Waals surface area contributed by atoms with E-state index in [1.165, 1.54) is 16.8 Å². The third kappa shape index (κ3) is 2.02. The summed E-state index contributed by atoms with van der Waals surface area (Å²) in [6.45, 7) is 3.80. The number of rotatable bonds is 2. The van der Waals surface area contributed by atoms with Crippen LogP contribution >= 0.6 is 0 Å². The van der Waals surface area contributed by atoms with Crippen LogP contribution in [0.4, 0.5) is 0 Å². The molecule has 0 aliphatic rings. The Labute approximate surface area is 82.1 Å². The number of carbonyl (C=O) groups is 1. The highest BCUT2D eigenvalue weighted by molar-refractivity contribution is 5.90. The van der Waals surface area contributed by atoms with E-state index in [0.717, 1.165) is 0 Å².